The molecule has 1 aliphatic heterocycles. The highest BCUT2D eigenvalue weighted by molar-refractivity contribution is 7.16. The zero-order valence-corrected chi connectivity index (χ0v) is 13.6. The quantitative estimate of drug-likeness (QED) is 0.820. The van der Waals surface area contributed by atoms with E-state index >= 15 is 0 Å². The van der Waals surface area contributed by atoms with Crippen LogP contribution in [0.5, 0.6) is 0 Å². The number of carbonyl (C=O) groups is 2. The first-order chi connectivity index (χ1) is 10.0. The molecule has 2 rings (SSSR count). The minimum absolute atomic E-state index is 0.0117. The van der Waals surface area contributed by atoms with Crippen molar-refractivity contribution in [1.29, 1.82) is 0 Å². The molecule has 0 radical (unpaired) electrons. The van der Waals surface area contributed by atoms with Crippen molar-refractivity contribution in [2.45, 2.75) is 33.6 Å². The standard InChI is InChI=1S/C15H22N2O3S/c1-4-15(6-7-16-9-15)14(19)17-12-11(8-10(3)21-12)13(18)20-5-2/h8,16H,4-7,9H2,1-3H3,(H,17,19). The first-order valence-corrected chi connectivity index (χ1v) is 8.14. The predicted molar refractivity (Wildman–Crippen MR) is 83.9 cm³/mol. The summed E-state index contributed by atoms with van der Waals surface area (Å²) in [4.78, 5) is 25.5. The molecule has 1 aromatic heterocycles. The van der Waals surface area contributed by atoms with Gasteiger partial charge in [-0.25, -0.2) is 4.79 Å². The number of aryl methyl sites for hydroxylation is 1. The van der Waals surface area contributed by atoms with Crippen LogP contribution in [0.15, 0.2) is 6.07 Å². The average molecular weight is 310 g/mol. The van der Waals surface area contributed by atoms with E-state index in [9.17, 15) is 9.59 Å². The fourth-order valence-corrected chi connectivity index (χ4v) is 3.50. The zero-order chi connectivity index (χ0) is 15.5. The average Bonchev–Trinajstić information content (AvgIpc) is 3.06. The van der Waals surface area contributed by atoms with Crippen molar-refractivity contribution >= 4 is 28.2 Å². The zero-order valence-electron chi connectivity index (χ0n) is 12.7. The summed E-state index contributed by atoms with van der Waals surface area (Å²) in [5.41, 5.74) is 0.0778. The Hall–Kier alpha value is -1.40. The number of ether oxygens (including phenoxy) is 1. The Labute approximate surface area is 129 Å². The van der Waals surface area contributed by atoms with Gasteiger partial charge < -0.3 is 15.4 Å². The van der Waals surface area contributed by atoms with E-state index in [4.69, 9.17) is 4.74 Å². The summed E-state index contributed by atoms with van der Waals surface area (Å²) in [6.07, 6.45) is 1.61. The van der Waals surface area contributed by atoms with Crippen molar-refractivity contribution in [3.05, 3.63) is 16.5 Å². The number of anilines is 1. The lowest BCUT2D eigenvalue weighted by molar-refractivity contribution is -0.124. The molecule has 0 saturated carbocycles. The summed E-state index contributed by atoms with van der Waals surface area (Å²) < 4.78 is 5.04. The van der Waals surface area contributed by atoms with Gasteiger partial charge in [-0.15, -0.1) is 11.3 Å². The topological polar surface area (TPSA) is 67.4 Å². The molecule has 1 fully saturated rings. The summed E-state index contributed by atoms with van der Waals surface area (Å²) in [5.74, 6) is -0.394. The Balaban J connectivity index is 2.19. The summed E-state index contributed by atoms with van der Waals surface area (Å²) in [7, 11) is 0. The van der Waals surface area contributed by atoms with Crippen LogP contribution in [0.2, 0.25) is 0 Å². The highest BCUT2D eigenvalue weighted by Crippen LogP contribution is 2.34. The third kappa shape index (κ3) is 3.27. The second-order valence-electron chi connectivity index (χ2n) is 5.34. The second kappa shape index (κ2) is 6.58. The van der Waals surface area contributed by atoms with E-state index in [2.05, 4.69) is 10.6 Å². The van der Waals surface area contributed by atoms with Crippen LogP contribution in [-0.2, 0) is 9.53 Å². The lowest BCUT2D eigenvalue weighted by Gasteiger charge is -2.25. The number of amides is 1. The first-order valence-electron chi connectivity index (χ1n) is 7.32. The third-order valence-electron chi connectivity index (χ3n) is 3.98. The predicted octanol–water partition coefficient (Wildman–Crippen LogP) is 2.56. The van der Waals surface area contributed by atoms with Gasteiger partial charge in [-0.1, -0.05) is 6.92 Å². The van der Waals surface area contributed by atoms with E-state index in [1.54, 1.807) is 13.0 Å². The molecule has 116 valence electrons. The van der Waals surface area contributed by atoms with Gasteiger partial charge in [0, 0.05) is 11.4 Å². The summed E-state index contributed by atoms with van der Waals surface area (Å²) in [6, 6.07) is 1.77. The van der Waals surface area contributed by atoms with E-state index in [0.29, 0.717) is 23.7 Å². The Morgan fingerprint density at radius 3 is 2.81 bits per heavy atom. The van der Waals surface area contributed by atoms with Crippen molar-refractivity contribution < 1.29 is 14.3 Å². The van der Waals surface area contributed by atoms with Crippen molar-refractivity contribution in [3.8, 4) is 0 Å². The first kappa shape index (κ1) is 16.0. The molecule has 5 nitrogen and oxygen atoms in total. The Morgan fingerprint density at radius 2 is 2.24 bits per heavy atom. The molecule has 0 bridgehead atoms. The van der Waals surface area contributed by atoms with Crippen molar-refractivity contribution in [2.75, 3.05) is 25.0 Å². The third-order valence-corrected chi connectivity index (χ3v) is 4.95. The van der Waals surface area contributed by atoms with Gasteiger partial charge in [-0.2, -0.15) is 0 Å². The van der Waals surface area contributed by atoms with Gasteiger partial charge >= 0.3 is 5.97 Å². The van der Waals surface area contributed by atoms with Crippen LogP contribution >= 0.6 is 11.3 Å². The van der Waals surface area contributed by atoms with Crippen molar-refractivity contribution in [3.63, 3.8) is 0 Å². The van der Waals surface area contributed by atoms with Crippen molar-refractivity contribution in [1.82, 2.24) is 5.32 Å². The minimum Gasteiger partial charge on any atom is -0.462 e. The van der Waals surface area contributed by atoms with E-state index < -0.39 is 0 Å². The molecule has 1 unspecified atom stereocenters. The number of esters is 1. The highest BCUT2D eigenvalue weighted by Gasteiger charge is 2.40. The van der Waals surface area contributed by atoms with Gasteiger partial charge in [0.2, 0.25) is 5.91 Å². The minimum atomic E-state index is -0.382. The van der Waals surface area contributed by atoms with Crippen LogP contribution in [0.4, 0.5) is 5.00 Å². The molecule has 0 spiro atoms. The van der Waals surface area contributed by atoms with Crippen molar-refractivity contribution in [2.24, 2.45) is 5.41 Å². The number of hydrogen-bond donors (Lipinski definition) is 2. The smallest absolute Gasteiger partial charge is 0.341 e. The monoisotopic (exact) mass is 310 g/mol. The number of hydrogen-bond acceptors (Lipinski definition) is 5. The fourth-order valence-electron chi connectivity index (χ4n) is 2.60. The lowest BCUT2D eigenvalue weighted by Crippen LogP contribution is -2.37. The number of nitrogens with one attached hydrogen (secondary N) is 2. The highest BCUT2D eigenvalue weighted by atomic mass is 32.1. The maximum Gasteiger partial charge on any atom is 0.341 e. The molecular weight excluding hydrogens is 288 g/mol. The van der Waals surface area contributed by atoms with Crippen LogP contribution in [0.25, 0.3) is 0 Å². The molecule has 6 heteroatoms. The maximum atomic E-state index is 12.6. The fraction of sp³-hybridized carbons (Fsp3) is 0.600. The number of carbonyl (C=O) groups excluding carboxylic acids is 2. The Kier molecular flexibility index (Phi) is 5.00. The van der Waals surface area contributed by atoms with Crippen LogP contribution in [-0.4, -0.2) is 31.6 Å². The van der Waals surface area contributed by atoms with E-state index in [1.807, 2.05) is 13.8 Å². The van der Waals surface area contributed by atoms with Gasteiger partial charge in [-0.05, 0) is 39.3 Å². The summed E-state index contributed by atoms with van der Waals surface area (Å²) in [5, 5.41) is 6.78. The van der Waals surface area contributed by atoms with Gasteiger partial charge in [0.1, 0.15) is 5.00 Å². The van der Waals surface area contributed by atoms with Crippen LogP contribution in [0, 0.1) is 12.3 Å². The van der Waals surface area contributed by atoms with Gasteiger partial charge in [0.15, 0.2) is 0 Å². The molecule has 21 heavy (non-hydrogen) atoms. The van der Waals surface area contributed by atoms with E-state index in [0.717, 1.165) is 24.3 Å². The molecule has 1 aromatic rings. The Morgan fingerprint density at radius 1 is 1.48 bits per heavy atom. The second-order valence-corrected chi connectivity index (χ2v) is 6.59. The molecule has 0 aromatic carbocycles. The van der Waals surface area contributed by atoms with Crippen LogP contribution in [0.1, 0.15) is 41.9 Å². The molecule has 2 heterocycles. The Bertz CT molecular complexity index is 533. The van der Waals surface area contributed by atoms with E-state index in [-0.39, 0.29) is 17.3 Å². The maximum absolute atomic E-state index is 12.6. The molecule has 0 aliphatic carbocycles. The largest absolute Gasteiger partial charge is 0.462 e. The molecule has 1 amide bonds. The summed E-state index contributed by atoms with van der Waals surface area (Å²) >= 11 is 1.41. The molecule has 2 N–H and O–H groups in total. The SMILES string of the molecule is CCOC(=O)c1cc(C)sc1NC(=O)C1(CC)CCNC1. The number of rotatable bonds is 5. The van der Waals surface area contributed by atoms with Gasteiger partial charge in [0.25, 0.3) is 0 Å². The van der Waals surface area contributed by atoms with Gasteiger partial charge in [0.05, 0.1) is 17.6 Å². The molecular formula is C15H22N2O3S. The van der Waals surface area contributed by atoms with Gasteiger partial charge in [-0.3, -0.25) is 4.79 Å². The number of thiophene rings is 1. The molecule has 1 atom stereocenters. The van der Waals surface area contributed by atoms with Crippen LogP contribution in [0.3, 0.4) is 0 Å². The normalized spacial score (nSPS) is 21.3. The molecule has 1 saturated heterocycles. The molecule has 1 aliphatic rings. The van der Waals surface area contributed by atoms with Crippen LogP contribution < -0.4 is 10.6 Å². The lowest BCUT2D eigenvalue weighted by atomic mass is 9.83. The van der Waals surface area contributed by atoms with E-state index in [1.165, 1.54) is 11.3 Å². The summed E-state index contributed by atoms with van der Waals surface area (Å²) in [6.45, 7) is 7.58.